The van der Waals surface area contributed by atoms with Crippen LogP contribution in [0.1, 0.15) is 18.5 Å². The van der Waals surface area contributed by atoms with Gasteiger partial charge in [0.2, 0.25) is 15.9 Å². The van der Waals surface area contributed by atoms with E-state index in [1.807, 2.05) is 19.1 Å². The summed E-state index contributed by atoms with van der Waals surface area (Å²) in [6, 6.07) is 13.1. The average molecular weight is 382 g/mol. The van der Waals surface area contributed by atoms with E-state index in [0.29, 0.717) is 10.7 Å². The van der Waals surface area contributed by atoms with Crippen molar-refractivity contribution < 1.29 is 13.2 Å². The number of likely N-dealkylation sites (N-methyl/N-ethyl adjacent to an activating group) is 1. The maximum Gasteiger partial charge on any atom is 0.242 e. The largest absolute Gasteiger partial charge is 0.375 e. The summed E-state index contributed by atoms with van der Waals surface area (Å²) in [4.78, 5) is 14.0. The predicted octanol–water partition coefficient (Wildman–Crippen LogP) is 2.62. The number of anilines is 1. The number of rotatable bonds is 6. The van der Waals surface area contributed by atoms with Crippen molar-refractivity contribution in [1.82, 2.24) is 4.90 Å². The molecular weight excluding hydrogens is 362 g/mol. The third kappa shape index (κ3) is 4.94. The van der Waals surface area contributed by atoms with Crippen molar-refractivity contribution in [3.8, 4) is 0 Å². The highest BCUT2D eigenvalue weighted by Gasteiger charge is 2.18. The molecule has 1 unspecified atom stereocenters. The minimum Gasteiger partial charge on any atom is -0.375 e. The van der Waals surface area contributed by atoms with Gasteiger partial charge >= 0.3 is 0 Å². The molecule has 0 spiro atoms. The number of amides is 1. The zero-order valence-electron chi connectivity index (χ0n) is 13.9. The van der Waals surface area contributed by atoms with E-state index in [9.17, 15) is 13.2 Å². The summed E-state index contributed by atoms with van der Waals surface area (Å²) < 4.78 is 22.6. The molecule has 0 fully saturated rings. The van der Waals surface area contributed by atoms with Gasteiger partial charge in [-0.25, -0.2) is 13.6 Å². The third-order valence-electron chi connectivity index (χ3n) is 3.97. The first-order valence-corrected chi connectivity index (χ1v) is 9.49. The van der Waals surface area contributed by atoms with E-state index >= 15 is 0 Å². The van der Waals surface area contributed by atoms with Crippen LogP contribution >= 0.6 is 11.6 Å². The minimum atomic E-state index is -3.73. The van der Waals surface area contributed by atoms with Gasteiger partial charge in [0.05, 0.1) is 28.2 Å². The van der Waals surface area contributed by atoms with Crippen LogP contribution in [0.25, 0.3) is 0 Å². The highest BCUT2D eigenvalue weighted by Crippen LogP contribution is 2.22. The number of hydrogen-bond acceptors (Lipinski definition) is 4. The summed E-state index contributed by atoms with van der Waals surface area (Å²) in [5.41, 5.74) is 1.50. The van der Waals surface area contributed by atoms with E-state index < -0.39 is 10.0 Å². The van der Waals surface area contributed by atoms with Crippen molar-refractivity contribution in [3.05, 3.63) is 59.1 Å². The second-order valence-corrected chi connectivity index (χ2v) is 7.60. The van der Waals surface area contributed by atoms with Gasteiger partial charge in [0.25, 0.3) is 0 Å². The van der Waals surface area contributed by atoms with Gasteiger partial charge in [-0.2, -0.15) is 0 Å². The molecule has 2 aromatic carbocycles. The minimum absolute atomic E-state index is 0.0396. The van der Waals surface area contributed by atoms with Crippen molar-refractivity contribution in [3.63, 3.8) is 0 Å². The summed E-state index contributed by atoms with van der Waals surface area (Å²) in [6.07, 6.45) is 0. The standard InChI is InChI=1S/C17H20ClN3O3S/c1-12(13-7-9-14(10-8-13)25(19,23)24)21(2)17(22)11-20-16-6-4-3-5-15(16)18/h3-10,12,20H,11H2,1-2H3,(H2,19,23,24). The summed E-state index contributed by atoms with van der Waals surface area (Å²) >= 11 is 6.05. The summed E-state index contributed by atoms with van der Waals surface area (Å²) in [6.45, 7) is 1.96. The van der Waals surface area contributed by atoms with Crippen LogP contribution in [0.2, 0.25) is 5.02 Å². The topological polar surface area (TPSA) is 92.5 Å². The number of nitrogens with two attached hydrogens (primary N) is 1. The fourth-order valence-electron chi connectivity index (χ4n) is 2.28. The van der Waals surface area contributed by atoms with Crippen molar-refractivity contribution in [2.24, 2.45) is 5.14 Å². The number of para-hydroxylation sites is 1. The van der Waals surface area contributed by atoms with Crippen LogP contribution in [-0.2, 0) is 14.8 Å². The number of nitrogens with one attached hydrogen (secondary N) is 1. The van der Waals surface area contributed by atoms with Gasteiger partial charge in [-0.3, -0.25) is 4.79 Å². The molecule has 6 nitrogen and oxygen atoms in total. The molecule has 0 aliphatic rings. The Kier molecular flexibility index (Phi) is 6.05. The normalized spacial score (nSPS) is 12.5. The molecule has 8 heteroatoms. The Bertz CT molecular complexity index is 854. The van der Waals surface area contributed by atoms with E-state index in [-0.39, 0.29) is 23.4 Å². The molecule has 0 bridgehead atoms. The number of benzene rings is 2. The zero-order chi connectivity index (χ0) is 18.6. The van der Waals surface area contributed by atoms with Gasteiger partial charge in [0.15, 0.2) is 0 Å². The van der Waals surface area contributed by atoms with Crippen LogP contribution in [0.3, 0.4) is 0 Å². The van der Waals surface area contributed by atoms with Crippen LogP contribution in [-0.4, -0.2) is 32.8 Å². The molecule has 25 heavy (non-hydrogen) atoms. The second-order valence-electron chi connectivity index (χ2n) is 5.63. The van der Waals surface area contributed by atoms with E-state index in [0.717, 1.165) is 5.56 Å². The van der Waals surface area contributed by atoms with Gasteiger partial charge in [-0.05, 0) is 36.8 Å². The fourth-order valence-corrected chi connectivity index (χ4v) is 2.99. The maximum absolute atomic E-state index is 12.4. The Morgan fingerprint density at radius 2 is 1.80 bits per heavy atom. The van der Waals surface area contributed by atoms with E-state index in [2.05, 4.69) is 5.32 Å². The highest BCUT2D eigenvalue weighted by molar-refractivity contribution is 7.89. The first kappa shape index (κ1) is 19.2. The first-order chi connectivity index (χ1) is 11.7. The second kappa shape index (κ2) is 7.86. The fraction of sp³-hybridized carbons (Fsp3) is 0.235. The number of nitrogens with zero attached hydrogens (tertiary/aromatic N) is 1. The molecule has 1 atom stereocenters. The Labute approximate surface area is 152 Å². The highest BCUT2D eigenvalue weighted by atomic mass is 35.5. The molecule has 1 amide bonds. The van der Waals surface area contributed by atoms with Crippen LogP contribution in [0.5, 0.6) is 0 Å². The van der Waals surface area contributed by atoms with Gasteiger partial charge in [-0.15, -0.1) is 0 Å². The molecule has 0 aromatic heterocycles. The molecule has 0 radical (unpaired) electrons. The van der Waals surface area contributed by atoms with Gasteiger partial charge in [-0.1, -0.05) is 35.9 Å². The molecule has 2 rings (SSSR count). The number of carbonyl (C=O) groups excluding carboxylic acids is 1. The molecule has 0 aliphatic heterocycles. The van der Waals surface area contributed by atoms with Gasteiger partial charge < -0.3 is 10.2 Å². The average Bonchev–Trinajstić information content (AvgIpc) is 2.59. The zero-order valence-corrected chi connectivity index (χ0v) is 15.5. The number of carbonyl (C=O) groups is 1. The van der Waals surface area contributed by atoms with Gasteiger partial charge in [0, 0.05) is 7.05 Å². The van der Waals surface area contributed by atoms with Crippen LogP contribution in [0.15, 0.2) is 53.4 Å². The first-order valence-electron chi connectivity index (χ1n) is 7.57. The monoisotopic (exact) mass is 381 g/mol. The Morgan fingerprint density at radius 1 is 1.20 bits per heavy atom. The van der Waals surface area contributed by atoms with E-state index in [1.54, 1.807) is 36.2 Å². The lowest BCUT2D eigenvalue weighted by molar-refractivity contribution is -0.129. The number of sulfonamides is 1. The molecule has 134 valence electrons. The molecular formula is C17H20ClN3O3S. The van der Waals surface area contributed by atoms with Crippen LogP contribution in [0.4, 0.5) is 5.69 Å². The predicted molar refractivity (Wildman–Crippen MR) is 98.9 cm³/mol. The lowest BCUT2D eigenvalue weighted by atomic mass is 10.1. The Hall–Kier alpha value is -2.09. The number of halogens is 1. The molecule has 0 saturated carbocycles. The van der Waals surface area contributed by atoms with Crippen molar-refractivity contribution in [1.29, 1.82) is 0 Å². The maximum atomic E-state index is 12.4. The number of primary sulfonamides is 1. The quantitative estimate of drug-likeness (QED) is 0.804. The number of hydrogen-bond donors (Lipinski definition) is 2. The van der Waals surface area contributed by atoms with Crippen LogP contribution in [0, 0.1) is 0 Å². The van der Waals surface area contributed by atoms with Crippen molar-refractivity contribution in [2.45, 2.75) is 17.9 Å². The van der Waals surface area contributed by atoms with E-state index in [4.69, 9.17) is 16.7 Å². The summed E-state index contributed by atoms with van der Waals surface area (Å²) in [7, 11) is -2.04. The lowest BCUT2D eigenvalue weighted by Gasteiger charge is -2.26. The Balaban J connectivity index is 2.02. The van der Waals surface area contributed by atoms with Gasteiger partial charge in [0.1, 0.15) is 0 Å². The summed E-state index contributed by atoms with van der Waals surface area (Å²) in [5, 5.41) is 8.64. The van der Waals surface area contributed by atoms with Crippen molar-refractivity contribution >= 4 is 33.2 Å². The molecule has 0 aliphatic carbocycles. The summed E-state index contributed by atoms with van der Waals surface area (Å²) in [5.74, 6) is -0.122. The van der Waals surface area contributed by atoms with Crippen LogP contribution < -0.4 is 10.5 Å². The molecule has 2 aromatic rings. The Morgan fingerprint density at radius 3 is 2.36 bits per heavy atom. The smallest absolute Gasteiger partial charge is 0.242 e. The van der Waals surface area contributed by atoms with E-state index in [1.165, 1.54) is 12.1 Å². The molecule has 3 N–H and O–H groups in total. The lowest BCUT2D eigenvalue weighted by Crippen LogP contribution is -2.34. The van der Waals surface area contributed by atoms with Crippen molar-refractivity contribution in [2.75, 3.05) is 18.9 Å². The molecule has 0 saturated heterocycles. The molecule has 0 heterocycles. The SMILES string of the molecule is CC(c1ccc(S(N)(=O)=O)cc1)N(C)C(=O)CNc1ccccc1Cl. The third-order valence-corrected chi connectivity index (χ3v) is 5.23.